The van der Waals surface area contributed by atoms with Crippen LogP contribution in [-0.4, -0.2) is 44.2 Å². The van der Waals surface area contributed by atoms with E-state index in [0.717, 1.165) is 37.4 Å². The summed E-state index contributed by atoms with van der Waals surface area (Å²) >= 11 is 0. The lowest BCUT2D eigenvalue weighted by molar-refractivity contribution is 0.337. The van der Waals surface area contributed by atoms with Crippen LogP contribution in [0.15, 0.2) is 24.3 Å². The minimum absolute atomic E-state index is 0.0271. The highest BCUT2D eigenvalue weighted by atomic mass is 16.5. The molecule has 0 aromatic heterocycles. The van der Waals surface area contributed by atoms with Crippen molar-refractivity contribution in [1.29, 1.82) is 0 Å². The van der Waals surface area contributed by atoms with Crippen molar-refractivity contribution in [1.82, 2.24) is 4.90 Å². The first-order valence-electron chi connectivity index (χ1n) is 6.98. The van der Waals surface area contributed by atoms with E-state index in [0.29, 0.717) is 6.54 Å². The molecule has 0 saturated carbocycles. The Kier molecular flexibility index (Phi) is 4.66. The summed E-state index contributed by atoms with van der Waals surface area (Å²) in [6, 6.07) is 8.08. The summed E-state index contributed by atoms with van der Waals surface area (Å²) in [4.78, 5) is 2.38. The van der Waals surface area contributed by atoms with Gasteiger partial charge in [-0.25, -0.2) is 0 Å². The van der Waals surface area contributed by atoms with Gasteiger partial charge >= 0.3 is 0 Å². The summed E-state index contributed by atoms with van der Waals surface area (Å²) in [5.74, 6) is 0.882. The molecule has 1 aromatic carbocycles. The molecule has 1 atom stereocenters. The van der Waals surface area contributed by atoms with E-state index < -0.39 is 0 Å². The van der Waals surface area contributed by atoms with E-state index in [2.05, 4.69) is 29.4 Å². The second-order valence-electron chi connectivity index (χ2n) is 5.49. The number of nitrogens with one attached hydrogen (secondary N) is 1. The quantitative estimate of drug-likeness (QED) is 0.871. The number of nitrogens with two attached hydrogens (primary N) is 1. The maximum atomic E-state index is 6.05. The first kappa shape index (κ1) is 14.2. The molecular weight excluding hydrogens is 238 g/mol. The lowest BCUT2D eigenvalue weighted by Crippen LogP contribution is -2.46. The number of methoxy groups -OCH3 is 1. The fraction of sp³-hybridized carbons (Fsp3) is 0.600. The van der Waals surface area contributed by atoms with Crippen molar-refractivity contribution in [2.75, 3.05) is 39.1 Å². The maximum Gasteiger partial charge on any atom is 0.119 e. The molecule has 0 spiro atoms. The van der Waals surface area contributed by atoms with E-state index in [1.54, 1.807) is 7.11 Å². The zero-order valence-electron chi connectivity index (χ0n) is 12.0. The largest absolute Gasteiger partial charge is 0.497 e. The Balaban J connectivity index is 2.08. The van der Waals surface area contributed by atoms with Gasteiger partial charge in [-0.3, -0.25) is 0 Å². The van der Waals surface area contributed by atoms with E-state index in [1.165, 1.54) is 6.42 Å². The third-order valence-electron chi connectivity index (χ3n) is 4.06. The van der Waals surface area contributed by atoms with Crippen molar-refractivity contribution in [2.45, 2.75) is 24.8 Å². The molecule has 2 rings (SSSR count). The van der Waals surface area contributed by atoms with Gasteiger partial charge in [0.25, 0.3) is 0 Å². The fourth-order valence-corrected chi connectivity index (χ4v) is 2.69. The van der Waals surface area contributed by atoms with Crippen molar-refractivity contribution in [3.8, 4) is 5.75 Å². The third-order valence-corrected chi connectivity index (χ3v) is 4.06. The number of likely N-dealkylation sites (tertiary alicyclic amines) is 1. The Hall–Kier alpha value is -1.26. The fourth-order valence-electron chi connectivity index (χ4n) is 2.69. The molecule has 1 saturated heterocycles. The van der Waals surface area contributed by atoms with Gasteiger partial charge in [0, 0.05) is 18.8 Å². The smallest absolute Gasteiger partial charge is 0.119 e. The number of hydrogen-bond acceptors (Lipinski definition) is 4. The predicted octanol–water partition coefficient (Wildman–Crippen LogP) is 1.92. The SMILES string of the molecule is COc1ccc(NC2(CN)CCCN(C)CC2)cc1. The van der Waals surface area contributed by atoms with Crippen molar-refractivity contribution in [3.05, 3.63) is 24.3 Å². The Morgan fingerprint density at radius 2 is 2.00 bits per heavy atom. The second kappa shape index (κ2) is 6.26. The van der Waals surface area contributed by atoms with Crippen LogP contribution >= 0.6 is 0 Å². The average Bonchev–Trinajstić information content (AvgIpc) is 2.63. The Morgan fingerprint density at radius 3 is 2.63 bits per heavy atom. The highest BCUT2D eigenvalue weighted by Crippen LogP contribution is 2.27. The van der Waals surface area contributed by atoms with E-state index >= 15 is 0 Å². The molecule has 0 aliphatic carbocycles. The molecule has 1 fully saturated rings. The lowest BCUT2D eigenvalue weighted by Gasteiger charge is -2.34. The van der Waals surface area contributed by atoms with Gasteiger partial charge in [-0.2, -0.15) is 0 Å². The van der Waals surface area contributed by atoms with Gasteiger partial charge in [-0.05, 0) is 57.1 Å². The van der Waals surface area contributed by atoms with Crippen molar-refractivity contribution >= 4 is 5.69 Å². The van der Waals surface area contributed by atoms with Crippen molar-refractivity contribution in [3.63, 3.8) is 0 Å². The number of hydrogen-bond donors (Lipinski definition) is 2. The van der Waals surface area contributed by atoms with Gasteiger partial charge in [-0.15, -0.1) is 0 Å². The molecular formula is C15H25N3O. The highest BCUT2D eigenvalue weighted by molar-refractivity contribution is 5.48. The van der Waals surface area contributed by atoms with E-state index in [4.69, 9.17) is 10.5 Å². The van der Waals surface area contributed by atoms with Crippen LogP contribution in [0.1, 0.15) is 19.3 Å². The first-order chi connectivity index (χ1) is 9.17. The molecule has 1 aliphatic heterocycles. The van der Waals surface area contributed by atoms with Gasteiger partial charge in [0.2, 0.25) is 0 Å². The second-order valence-corrected chi connectivity index (χ2v) is 5.49. The first-order valence-corrected chi connectivity index (χ1v) is 6.98. The zero-order chi connectivity index (χ0) is 13.7. The number of nitrogens with zero attached hydrogens (tertiary/aromatic N) is 1. The molecule has 0 radical (unpaired) electrons. The number of benzene rings is 1. The number of rotatable bonds is 4. The van der Waals surface area contributed by atoms with Crippen LogP contribution < -0.4 is 15.8 Å². The Morgan fingerprint density at radius 1 is 1.26 bits per heavy atom. The van der Waals surface area contributed by atoms with Gasteiger partial charge in [-0.1, -0.05) is 0 Å². The van der Waals surface area contributed by atoms with Gasteiger partial charge in [0.1, 0.15) is 5.75 Å². The molecule has 106 valence electrons. The minimum Gasteiger partial charge on any atom is -0.497 e. The summed E-state index contributed by atoms with van der Waals surface area (Å²) in [6.07, 6.45) is 3.41. The summed E-state index contributed by atoms with van der Waals surface area (Å²) in [5.41, 5.74) is 7.20. The minimum atomic E-state index is 0.0271. The third kappa shape index (κ3) is 3.61. The summed E-state index contributed by atoms with van der Waals surface area (Å²) in [5, 5.41) is 3.65. The predicted molar refractivity (Wildman–Crippen MR) is 79.8 cm³/mol. The van der Waals surface area contributed by atoms with Gasteiger partial charge in [0.15, 0.2) is 0 Å². The van der Waals surface area contributed by atoms with Crippen molar-refractivity contribution < 1.29 is 4.74 Å². The van der Waals surface area contributed by atoms with E-state index in [1.807, 2.05) is 12.1 Å². The molecule has 3 N–H and O–H groups in total. The van der Waals surface area contributed by atoms with E-state index in [9.17, 15) is 0 Å². The normalized spacial score (nSPS) is 24.8. The van der Waals surface area contributed by atoms with Crippen LogP contribution in [0.4, 0.5) is 5.69 Å². The van der Waals surface area contributed by atoms with Crippen molar-refractivity contribution in [2.24, 2.45) is 5.73 Å². The van der Waals surface area contributed by atoms with Crippen LogP contribution in [0.25, 0.3) is 0 Å². The monoisotopic (exact) mass is 263 g/mol. The molecule has 19 heavy (non-hydrogen) atoms. The standard InChI is InChI=1S/C15H25N3O/c1-18-10-3-8-15(12-16,9-11-18)17-13-4-6-14(19-2)7-5-13/h4-7,17H,3,8-12,16H2,1-2H3. The van der Waals surface area contributed by atoms with Crippen LogP contribution in [0.3, 0.4) is 0 Å². The Bertz CT molecular complexity index is 393. The summed E-state index contributed by atoms with van der Waals surface area (Å²) in [7, 11) is 3.87. The van der Waals surface area contributed by atoms with Crippen LogP contribution in [0.5, 0.6) is 5.75 Å². The molecule has 0 bridgehead atoms. The topological polar surface area (TPSA) is 50.5 Å². The number of anilines is 1. The number of ether oxygens (including phenoxy) is 1. The molecule has 1 aliphatic rings. The molecule has 4 nitrogen and oxygen atoms in total. The zero-order valence-corrected chi connectivity index (χ0v) is 12.0. The molecule has 1 aromatic rings. The summed E-state index contributed by atoms with van der Waals surface area (Å²) < 4.78 is 5.19. The van der Waals surface area contributed by atoms with E-state index in [-0.39, 0.29) is 5.54 Å². The van der Waals surface area contributed by atoms with Crippen LogP contribution in [-0.2, 0) is 0 Å². The lowest BCUT2D eigenvalue weighted by atomic mass is 9.90. The Labute approximate surface area is 115 Å². The van der Waals surface area contributed by atoms with Crippen LogP contribution in [0.2, 0.25) is 0 Å². The van der Waals surface area contributed by atoms with Crippen LogP contribution in [0, 0.1) is 0 Å². The maximum absolute atomic E-state index is 6.05. The molecule has 1 unspecified atom stereocenters. The molecule has 4 heteroatoms. The highest BCUT2D eigenvalue weighted by Gasteiger charge is 2.30. The average molecular weight is 263 g/mol. The molecule has 0 amide bonds. The molecule has 1 heterocycles. The van der Waals surface area contributed by atoms with Gasteiger partial charge in [0.05, 0.1) is 12.6 Å². The summed E-state index contributed by atoms with van der Waals surface area (Å²) in [6.45, 7) is 2.93. The van der Waals surface area contributed by atoms with Gasteiger partial charge < -0.3 is 20.7 Å².